The third kappa shape index (κ3) is 3.96. The van der Waals surface area contributed by atoms with E-state index in [9.17, 15) is 4.79 Å². The smallest absolute Gasteiger partial charge is 0.230 e. The van der Waals surface area contributed by atoms with Gasteiger partial charge in [-0.25, -0.2) is 4.98 Å². The number of pyridine rings is 1. The maximum atomic E-state index is 13.1. The second-order valence-electron chi connectivity index (χ2n) is 7.49. The summed E-state index contributed by atoms with van der Waals surface area (Å²) in [4.78, 5) is 21.8. The number of aromatic nitrogens is 2. The summed E-state index contributed by atoms with van der Waals surface area (Å²) >= 11 is 1.54. The third-order valence-corrected chi connectivity index (χ3v) is 6.08. The van der Waals surface area contributed by atoms with Gasteiger partial charge in [0.25, 0.3) is 0 Å². The lowest BCUT2D eigenvalue weighted by Gasteiger charge is -2.27. The fourth-order valence-corrected chi connectivity index (χ4v) is 3.98. The van der Waals surface area contributed by atoms with Gasteiger partial charge in [-0.05, 0) is 50.6 Å². The maximum Gasteiger partial charge on any atom is 0.230 e. The van der Waals surface area contributed by atoms with E-state index >= 15 is 0 Å². The molecule has 0 aliphatic carbocycles. The molecule has 1 aromatic carbocycles. The molecular formula is C22H23N3O3S. The quantitative estimate of drug-likeness (QED) is 0.686. The van der Waals surface area contributed by atoms with Crippen molar-refractivity contribution in [2.75, 3.05) is 13.2 Å². The van der Waals surface area contributed by atoms with Crippen LogP contribution in [-0.2, 0) is 10.2 Å². The van der Waals surface area contributed by atoms with Crippen LogP contribution in [0.1, 0.15) is 37.4 Å². The first-order chi connectivity index (χ1) is 13.9. The predicted molar refractivity (Wildman–Crippen MR) is 112 cm³/mol. The molecule has 0 radical (unpaired) electrons. The fraction of sp³-hybridized carbons (Fsp3) is 0.318. The minimum atomic E-state index is -0.727. The number of amides is 1. The second kappa shape index (κ2) is 7.83. The summed E-state index contributed by atoms with van der Waals surface area (Å²) in [5.74, 6) is 1.34. The van der Waals surface area contributed by atoms with Crippen LogP contribution < -0.4 is 14.8 Å². The Hall–Kier alpha value is -2.93. The lowest BCUT2D eigenvalue weighted by molar-refractivity contribution is -0.126. The number of nitrogens with zero attached hydrogens (tertiary/aromatic N) is 2. The summed E-state index contributed by atoms with van der Waals surface area (Å²) in [7, 11) is 0. The van der Waals surface area contributed by atoms with Crippen molar-refractivity contribution in [3.05, 3.63) is 58.7 Å². The van der Waals surface area contributed by atoms with Crippen LogP contribution in [0, 0.1) is 0 Å². The van der Waals surface area contributed by atoms with Crippen molar-refractivity contribution in [1.82, 2.24) is 15.3 Å². The molecule has 3 aromatic rings. The van der Waals surface area contributed by atoms with Crippen molar-refractivity contribution in [3.8, 4) is 22.8 Å². The van der Waals surface area contributed by atoms with Gasteiger partial charge in [-0.3, -0.25) is 9.78 Å². The Morgan fingerprint density at radius 1 is 1.14 bits per heavy atom. The number of fused-ring (bicyclic) bond motifs is 1. The van der Waals surface area contributed by atoms with Gasteiger partial charge in [-0.1, -0.05) is 6.07 Å². The number of ether oxygens (including phenoxy) is 2. The van der Waals surface area contributed by atoms with E-state index < -0.39 is 5.41 Å². The van der Waals surface area contributed by atoms with E-state index in [1.807, 2.05) is 56.5 Å². The highest BCUT2D eigenvalue weighted by atomic mass is 32.1. The zero-order valence-electron chi connectivity index (χ0n) is 16.6. The number of carbonyl (C=O) groups is 1. The maximum absolute atomic E-state index is 13.1. The van der Waals surface area contributed by atoms with Gasteiger partial charge < -0.3 is 14.8 Å². The number of nitrogens with one attached hydrogen (secondary N) is 1. The molecule has 0 saturated carbocycles. The molecule has 0 bridgehead atoms. The Morgan fingerprint density at radius 2 is 1.86 bits per heavy atom. The van der Waals surface area contributed by atoms with Crippen LogP contribution in [0.5, 0.6) is 11.5 Å². The molecule has 0 fully saturated rings. The minimum absolute atomic E-state index is 0.0673. The summed E-state index contributed by atoms with van der Waals surface area (Å²) in [6, 6.07) is 9.33. The van der Waals surface area contributed by atoms with Gasteiger partial charge in [-0.2, -0.15) is 0 Å². The first kappa shape index (κ1) is 19.4. The fourth-order valence-electron chi connectivity index (χ4n) is 3.14. The summed E-state index contributed by atoms with van der Waals surface area (Å²) in [6.07, 6.45) is 3.49. The van der Waals surface area contributed by atoms with Crippen LogP contribution >= 0.6 is 11.3 Å². The summed E-state index contributed by atoms with van der Waals surface area (Å²) in [5, 5.41) is 5.97. The monoisotopic (exact) mass is 409 g/mol. The highest BCUT2D eigenvalue weighted by Crippen LogP contribution is 2.35. The van der Waals surface area contributed by atoms with Crippen molar-refractivity contribution >= 4 is 17.2 Å². The van der Waals surface area contributed by atoms with Gasteiger partial charge in [0.05, 0.1) is 17.2 Å². The van der Waals surface area contributed by atoms with Crippen LogP contribution in [0.4, 0.5) is 0 Å². The Morgan fingerprint density at radius 3 is 2.62 bits per heavy atom. The molecule has 2 aromatic heterocycles. The molecule has 0 saturated heterocycles. The molecule has 6 nitrogen and oxygen atoms in total. The van der Waals surface area contributed by atoms with E-state index in [4.69, 9.17) is 9.47 Å². The summed E-state index contributed by atoms with van der Waals surface area (Å²) in [6.45, 7) is 6.83. The van der Waals surface area contributed by atoms with Gasteiger partial charge >= 0.3 is 0 Å². The third-order valence-electron chi connectivity index (χ3n) is 5.05. The van der Waals surface area contributed by atoms with Gasteiger partial charge in [-0.15, -0.1) is 11.3 Å². The lowest BCUT2D eigenvalue weighted by atomic mass is 9.83. The SMILES string of the molecule is CC(NC(=O)C(C)(C)c1ccc2c(c1)OCCO2)c1nc(-c2ccncc2)cs1. The molecule has 3 heterocycles. The molecule has 4 rings (SSSR count). The molecule has 1 N–H and O–H groups in total. The second-order valence-corrected chi connectivity index (χ2v) is 8.38. The first-order valence-electron chi connectivity index (χ1n) is 9.52. The molecule has 0 spiro atoms. The molecule has 1 atom stereocenters. The Balaban J connectivity index is 1.49. The van der Waals surface area contributed by atoms with E-state index in [1.54, 1.807) is 12.4 Å². The predicted octanol–water partition coefficient (Wildman–Crippen LogP) is 4.13. The van der Waals surface area contributed by atoms with E-state index in [0.29, 0.717) is 19.0 Å². The number of benzene rings is 1. The first-order valence-corrected chi connectivity index (χ1v) is 10.4. The van der Waals surface area contributed by atoms with Crippen LogP contribution in [0.2, 0.25) is 0 Å². The van der Waals surface area contributed by atoms with Gasteiger partial charge in [0.2, 0.25) is 5.91 Å². The molecule has 29 heavy (non-hydrogen) atoms. The average Bonchev–Trinajstić information content (AvgIpc) is 3.24. The largest absolute Gasteiger partial charge is 0.486 e. The zero-order chi connectivity index (χ0) is 20.4. The van der Waals surface area contributed by atoms with Gasteiger partial charge in [0.15, 0.2) is 11.5 Å². The summed E-state index contributed by atoms with van der Waals surface area (Å²) in [5.41, 5.74) is 2.05. The van der Waals surface area contributed by atoms with Crippen molar-refractivity contribution in [3.63, 3.8) is 0 Å². The highest BCUT2D eigenvalue weighted by molar-refractivity contribution is 7.10. The molecule has 7 heteroatoms. The Labute approximate surface area is 173 Å². The van der Waals surface area contributed by atoms with Crippen LogP contribution in [0.15, 0.2) is 48.1 Å². The average molecular weight is 410 g/mol. The van der Waals surface area contributed by atoms with Crippen LogP contribution in [0.25, 0.3) is 11.3 Å². The molecule has 1 aliphatic heterocycles. The van der Waals surface area contributed by atoms with E-state index in [-0.39, 0.29) is 11.9 Å². The van der Waals surface area contributed by atoms with Crippen LogP contribution in [0.3, 0.4) is 0 Å². The van der Waals surface area contributed by atoms with Gasteiger partial charge in [0.1, 0.15) is 18.2 Å². The van der Waals surface area contributed by atoms with Crippen LogP contribution in [-0.4, -0.2) is 29.1 Å². The van der Waals surface area contributed by atoms with Crippen molar-refractivity contribution < 1.29 is 14.3 Å². The number of thiazole rings is 1. The van der Waals surface area contributed by atoms with E-state index in [0.717, 1.165) is 27.6 Å². The molecule has 1 amide bonds. The number of hydrogen-bond donors (Lipinski definition) is 1. The lowest BCUT2D eigenvalue weighted by Crippen LogP contribution is -2.41. The number of rotatable bonds is 5. The van der Waals surface area contributed by atoms with Crippen molar-refractivity contribution in [2.45, 2.75) is 32.2 Å². The van der Waals surface area contributed by atoms with E-state index in [1.165, 1.54) is 11.3 Å². The molecule has 1 aliphatic rings. The minimum Gasteiger partial charge on any atom is -0.486 e. The molecule has 1 unspecified atom stereocenters. The van der Waals surface area contributed by atoms with Crippen molar-refractivity contribution in [1.29, 1.82) is 0 Å². The standard InChI is InChI=1S/C22H23N3O3S/c1-14(20-25-17(13-29-20)15-6-8-23-9-7-15)24-21(26)22(2,3)16-4-5-18-19(12-16)28-11-10-27-18/h4-9,12-14H,10-11H2,1-3H3,(H,24,26). The normalized spacial score (nSPS) is 14.3. The number of carbonyl (C=O) groups excluding carboxylic acids is 1. The highest BCUT2D eigenvalue weighted by Gasteiger charge is 2.32. The Bertz CT molecular complexity index is 1020. The molecular weight excluding hydrogens is 386 g/mol. The summed E-state index contributed by atoms with van der Waals surface area (Å²) < 4.78 is 11.2. The van der Waals surface area contributed by atoms with Gasteiger partial charge in [0, 0.05) is 23.3 Å². The topological polar surface area (TPSA) is 73.3 Å². The number of hydrogen-bond acceptors (Lipinski definition) is 6. The Kier molecular flexibility index (Phi) is 5.24. The zero-order valence-corrected chi connectivity index (χ0v) is 17.5. The molecule has 150 valence electrons. The van der Waals surface area contributed by atoms with Crippen molar-refractivity contribution in [2.24, 2.45) is 0 Å². The van der Waals surface area contributed by atoms with E-state index in [2.05, 4.69) is 15.3 Å².